The van der Waals surface area contributed by atoms with Crippen LogP contribution in [0.3, 0.4) is 0 Å². The van der Waals surface area contributed by atoms with Gasteiger partial charge < -0.3 is 5.11 Å². The fourth-order valence-electron chi connectivity index (χ4n) is 2.32. The van der Waals surface area contributed by atoms with Crippen molar-refractivity contribution in [3.63, 3.8) is 0 Å². The van der Waals surface area contributed by atoms with Crippen LogP contribution in [-0.4, -0.2) is 32.9 Å². The van der Waals surface area contributed by atoms with Gasteiger partial charge in [0.25, 0.3) is 0 Å². The van der Waals surface area contributed by atoms with Gasteiger partial charge in [0.05, 0.1) is 5.69 Å². The van der Waals surface area contributed by atoms with Gasteiger partial charge in [0.1, 0.15) is 0 Å². The molecule has 5 heteroatoms. The van der Waals surface area contributed by atoms with Gasteiger partial charge in [0.2, 0.25) is 0 Å². The fraction of sp³-hybridized carbons (Fsp3) is 0.533. The van der Waals surface area contributed by atoms with Gasteiger partial charge in [0, 0.05) is 49.9 Å². The number of thiophene rings is 1. The summed E-state index contributed by atoms with van der Waals surface area (Å²) in [6.45, 7) is 7.18. The standard InChI is InChI=1S/C15H23N3OS/c1-12-5-8-20-15(12)11-18(6-4-7-19)10-14-9-17(3)16-13(14)2/h5,8-9,19H,4,6-7,10-11H2,1-3H3. The summed E-state index contributed by atoms with van der Waals surface area (Å²) < 4.78 is 1.87. The molecule has 2 aromatic rings. The first-order valence-electron chi connectivity index (χ1n) is 6.95. The molecule has 0 aromatic carbocycles. The van der Waals surface area contributed by atoms with Gasteiger partial charge in [0.15, 0.2) is 0 Å². The zero-order valence-electron chi connectivity index (χ0n) is 12.5. The van der Waals surface area contributed by atoms with E-state index in [1.165, 1.54) is 16.0 Å². The van der Waals surface area contributed by atoms with E-state index in [1.807, 2.05) is 11.7 Å². The minimum Gasteiger partial charge on any atom is -0.396 e. The van der Waals surface area contributed by atoms with E-state index in [2.05, 4.69) is 41.5 Å². The highest BCUT2D eigenvalue weighted by Crippen LogP contribution is 2.20. The smallest absolute Gasteiger partial charge is 0.0638 e. The van der Waals surface area contributed by atoms with Crippen molar-refractivity contribution in [3.05, 3.63) is 39.3 Å². The van der Waals surface area contributed by atoms with E-state index >= 15 is 0 Å². The van der Waals surface area contributed by atoms with Crippen LogP contribution in [0.5, 0.6) is 0 Å². The Labute approximate surface area is 124 Å². The Morgan fingerprint density at radius 2 is 2.15 bits per heavy atom. The molecular formula is C15H23N3OS. The predicted molar refractivity (Wildman–Crippen MR) is 82.8 cm³/mol. The highest BCUT2D eigenvalue weighted by atomic mass is 32.1. The Bertz CT molecular complexity index is 547. The summed E-state index contributed by atoms with van der Waals surface area (Å²) in [5.41, 5.74) is 3.70. The molecule has 0 amide bonds. The molecule has 2 aromatic heterocycles. The predicted octanol–water partition coefficient (Wildman–Crippen LogP) is 2.48. The molecule has 20 heavy (non-hydrogen) atoms. The third-order valence-corrected chi connectivity index (χ3v) is 4.48. The Morgan fingerprint density at radius 1 is 1.35 bits per heavy atom. The lowest BCUT2D eigenvalue weighted by Gasteiger charge is -2.21. The Kier molecular flexibility index (Phi) is 5.34. The van der Waals surface area contributed by atoms with E-state index in [0.29, 0.717) is 0 Å². The number of aromatic nitrogens is 2. The number of rotatable bonds is 7. The van der Waals surface area contributed by atoms with Crippen LogP contribution in [0.25, 0.3) is 0 Å². The summed E-state index contributed by atoms with van der Waals surface area (Å²) in [6, 6.07) is 2.17. The van der Waals surface area contributed by atoms with Crippen LogP contribution in [0.15, 0.2) is 17.6 Å². The van der Waals surface area contributed by atoms with E-state index in [0.717, 1.165) is 31.7 Å². The van der Waals surface area contributed by atoms with Gasteiger partial charge in [-0.2, -0.15) is 5.10 Å². The average Bonchev–Trinajstić information content (AvgIpc) is 2.93. The van der Waals surface area contributed by atoms with Gasteiger partial charge in [-0.05, 0) is 37.3 Å². The first kappa shape index (κ1) is 15.2. The maximum absolute atomic E-state index is 9.08. The number of aliphatic hydroxyl groups is 1. The molecule has 0 aliphatic carbocycles. The van der Waals surface area contributed by atoms with Crippen molar-refractivity contribution in [2.75, 3.05) is 13.2 Å². The molecule has 0 saturated heterocycles. The van der Waals surface area contributed by atoms with Gasteiger partial charge in [-0.3, -0.25) is 9.58 Å². The van der Waals surface area contributed by atoms with E-state index < -0.39 is 0 Å². The quantitative estimate of drug-likeness (QED) is 0.852. The molecule has 2 rings (SSSR count). The second-order valence-corrected chi connectivity index (χ2v) is 6.23. The lowest BCUT2D eigenvalue weighted by molar-refractivity contribution is 0.213. The highest BCUT2D eigenvalue weighted by Gasteiger charge is 2.12. The van der Waals surface area contributed by atoms with Crippen LogP contribution in [0.1, 0.15) is 28.1 Å². The number of hydrogen-bond acceptors (Lipinski definition) is 4. The zero-order valence-corrected chi connectivity index (χ0v) is 13.3. The average molecular weight is 293 g/mol. The van der Waals surface area contributed by atoms with E-state index in [1.54, 1.807) is 11.3 Å². The molecule has 0 unspecified atom stereocenters. The molecule has 1 N–H and O–H groups in total. The molecule has 0 fully saturated rings. The number of hydrogen-bond donors (Lipinski definition) is 1. The molecule has 110 valence electrons. The monoisotopic (exact) mass is 293 g/mol. The molecule has 0 atom stereocenters. The van der Waals surface area contributed by atoms with Crippen molar-refractivity contribution in [2.45, 2.75) is 33.4 Å². The number of aliphatic hydroxyl groups excluding tert-OH is 1. The fourth-order valence-corrected chi connectivity index (χ4v) is 3.27. The van der Waals surface area contributed by atoms with E-state index in [9.17, 15) is 0 Å². The van der Waals surface area contributed by atoms with Crippen LogP contribution < -0.4 is 0 Å². The largest absolute Gasteiger partial charge is 0.396 e. The maximum Gasteiger partial charge on any atom is 0.0638 e. The Balaban J connectivity index is 2.07. The second kappa shape index (κ2) is 7.02. The normalized spacial score (nSPS) is 11.4. The zero-order chi connectivity index (χ0) is 14.5. The SMILES string of the molecule is Cc1ccsc1CN(CCCO)Cc1cn(C)nc1C. The molecule has 0 radical (unpaired) electrons. The van der Waals surface area contributed by atoms with Gasteiger partial charge in [-0.25, -0.2) is 0 Å². The van der Waals surface area contributed by atoms with Crippen LogP contribution in [0, 0.1) is 13.8 Å². The lowest BCUT2D eigenvalue weighted by Crippen LogP contribution is -2.24. The van der Waals surface area contributed by atoms with Gasteiger partial charge in [-0.15, -0.1) is 11.3 Å². The van der Waals surface area contributed by atoms with Crippen molar-refractivity contribution in [1.82, 2.24) is 14.7 Å². The van der Waals surface area contributed by atoms with Crippen molar-refractivity contribution in [3.8, 4) is 0 Å². The van der Waals surface area contributed by atoms with E-state index in [-0.39, 0.29) is 6.61 Å². The molecular weight excluding hydrogens is 270 g/mol. The molecule has 2 heterocycles. The lowest BCUT2D eigenvalue weighted by atomic mass is 10.2. The third-order valence-electron chi connectivity index (χ3n) is 3.48. The first-order valence-corrected chi connectivity index (χ1v) is 7.83. The molecule has 0 saturated carbocycles. The summed E-state index contributed by atoms with van der Waals surface area (Å²) in [5.74, 6) is 0. The van der Waals surface area contributed by atoms with Crippen LogP contribution in [-0.2, 0) is 20.1 Å². The van der Waals surface area contributed by atoms with Crippen molar-refractivity contribution in [1.29, 1.82) is 0 Å². The van der Waals surface area contributed by atoms with E-state index in [4.69, 9.17) is 5.11 Å². The summed E-state index contributed by atoms with van der Waals surface area (Å²) in [6.07, 6.45) is 2.90. The molecule has 0 aliphatic rings. The van der Waals surface area contributed by atoms with Gasteiger partial charge in [-0.1, -0.05) is 0 Å². The molecule has 0 spiro atoms. The Hall–Kier alpha value is -1.17. The first-order chi connectivity index (χ1) is 9.60. The van der Waals surface area contributed by atoms with Crippen molar-refractivity contribution < 1.29 is 5.11 Å². The molecule has 0 bridgehead atoms. The second-order valence-electron chi connectivity index (χ2n) is 5.23. The summed E-state index contributed by atoms with van der Waals surface area (Å²) in [4.78, 5) is 3.79. The molecule has 4 nitrogen and oxygen atoms in total. The van der Waals surface area contributed by atoms with Crippen molar-refractivity contribution >= 4 is 11.3 Å². The van der Waals surface area contributed by atoms with Gasteiger partial charge >= 0.3 is 0 Å². The number of aryl methyl sites for hydroxylation is 3. The third kappa shape index (κ3) is 3.91. The number of nitrogens with zero attached hydrogens (tertiary/aromatic N) is 3. The van der Waals surface area contributed by atoms with Crippen LogP contribution in [0.4, 0.5) is 0 Å². The van der Waals surface area contributed by atoms with Crippen LogP contribution >= 0.6 is 11.3 Å². The maximum atomic E-state index is 9.08. The minimum absolute atomic E-state index is 0.242. The minimum atomic E-state index is 0.242. The topological polar surface area (TPSA) is 41.3 Å². The van der Waals surface area contributed by atoms with Crippen molar-refractivity contribution in [2.24, 2.45) is 7.05 Å². The summed E-state index contributed by atoms with van der Waals surface area (Å²) in [7, 11) is 1.96. The van der Waals surface area contributed by atoms with Crippen LogP contribution in [0.2, 0.25) is 0 Å². The summed E-state index contributed by atoms with van der Waals surface area (Å²) >= 11 is 1.81. The summed E-state index contributed by atoms with van der Waals surface area (Å²) in [5, 5.41) is 15.6. The molecule has 0 aliphatic heterocycles. The highest BCUT2D eigenvalue weighted by molar-refractivity contribution is 7.10. The Morgan fingerprint density at radius 3 is 2.70 bits per heavy atom.